The van der Waals surface area contributed by atoms with Gasteiger partial charge in [-0.05, 0) is 42.8 Å². The second-order valence-electron chi connectivity index (χ2n) is 7.20. The van der Waals surface area contributed by atoms with Gasteiger partial charge >= 0.3 is 6.18 Å². The second kappa shape index (κ2) is 9.95. The summed E-state index contributed by atoms with van der Waals surface area (Å²) in [6, 6.07) is 7.76. The number of hydrogen-bond acceptors (Lipinski definition) is 4. The standard InChI is InChI=1S/C21H25F4N5O/c1-15(21(23,24)25)29-9-11-30(12-10-29)20(26-2)28-14-16-7-8-27-19(13-16)31-18-5-3-17(22)4-6-18/h3-8,13,15H,9-12,14H2,1-2H3,(H,26,28). The SMILES string of the molecule is CN=C(NCc1ccnc(Oc2ccc(F)cc2)c1)N1CCN(C(C)C(F)(F)F)CC1. The Morgan fingerprint density at radius 3 is 2.45 bits per heavy atom. The van der Waals surface area contributed by atoms with Crippen molar-refractivity contribution in [1.29, 1.82) is 0 Å². The number of benzene rings is 1. The minimum absolute atomic E-state index is 0.312. The van der Waals surface area contributed by atoms with Crippen molar-refractivity contribution in [3.63, 3.8) is 0 Å². The minimum atomic E-state index is -4.23. The van der Waals surface area contributed by atoms with E-state index < -0.39 is 12.2 Å². The van der Waals surface area contributed by atoms with Gasteiger partial charge in [-0.25, -0.2) is 9.37 Å². The third kappa shape index (κ3) is 6.30. The first kappa shape index (κ1) is 22.8. The Labute approximate surface area is 178 Å². The Morgan fingerprint density at radius 2 is 1.84 bits per heavy atom. The topological polar surface area (TPSA) is 53.0 Å². The maximum Gasteiger partial charge on any atom is 0.403 e. The van der Waals surface area contributed by atoms with E-state index in [1.165, 1.54) is 36.1 Å². The van der Waals surface area contributed by atoms with Crippen molar-refractivity contribution >= 4 is 5.96 Å². The fourth-order valence-corrected chi connectivity index (χ4v) is 3.28. The average molecular weight is 439 g/mol. The van der Waals surface area contributed by atoms with Gasteiger partial charge in [0.05, 0.1) is 0 Å². The lowest BCUT2D eigenvalue weighted by Crippen LogP contribution is -2.56. The number of ether oxygens (including phenoxy) is 1. The van der Waals surface area contributed by atoms with Gasteiger partial charge in [-0.2, -0.15) is 13.2 Å². The van der Waals surface area contributed by atoms with Gasteiger partial charge in [0, 0.05) is 52.0 Å². The van der Waals surface area contributed by atoms with E-state index in [9.17, 15) is 17.6 Å². The summed E-state index contributed by atoms with van der Waals surface area (Å²) in [5.41, 5.74) is 0.887. The van der Waals surface area contributed by atoms with E-state index in [2.05, 4.69) is 15.3 Å². The number of alkyl halides is 3. The zero-order valence-corrected chi connectivity index (χ0v) is 17.4. The molecule has 0 spiro atoms. The molecule has 1 aliphatic rings. The lowest BCUT2D eigenvalue weighted by atomic mass is 10.2. The van der Waals surface area contributed by atoms with E-state index in [1.54, 1.807) is 19.3 Å². The number of rotatable bonds is 5. The van der Waals surface area contributed by atoms with Crippen LogP contribution in [0.4, 0.5) is 17.6 Å². The summed E-state index contributed by atoms with van der Waals surface area (Å²) in [7, 11) is 1.64. The van der Waals surface area contributed by atoms with Crippen LogP contribution in [-0.2, 0) is 6.54 Å². The Kier molecular flexibility index (Phi) is 7.32. The molecule has 1 aromatic heterocycles. The van der Waals surface area contributed by atoms with Crippen molar-refractivity contribution in [3.05, 3.63) is 54.0 Å². The highest BCUT2D eigenvalue weighted by Crippen LogP contribution is 2.25. The van der Waals surface area contributed by atoms with Crippen molar-refractivity contribution in [3.8, 4) is 11.6 Å². The van der Waals surface area contributed by atoms with Gasteiger partial charge in [-0.1, -0.05) is 0 Å². The Bertz CT molecular complexity index is 880. The third-order valence-corrected chi connectivity index (χ3v) is 5.13. The molecule has 6 nitrogen and oxygen atoms in total. The van der Waals surface area contributed by atoms with Crippen LogP contribution in [0.1, 0.15) is 12.5 Å². The van der Waals surface area contributed by atoms with Gasteiger partial charge in [0.2, 0.25) is 5.88 Å². The van der Waals surface area contributed by atoms with E-state index in [0.717, 1.165) is 5.56 Å². The number of piperazine rings is 1. The van der Waals surface area contributed by atoms with Crippen molar-refractivity contribution in [1.82, 2.24) is 20.1 Å². The maximum absolute atomic E-state index is 13.0. The van der Waals surface area contributed by atoms with Gasteiger partial charge in [0.15, 0.2) is 5.96 Å². The molecule has 2 heterocycles. The quantitative estimate of drug-likeness (QED) is 0.438. The fourth-order valence-electron chi connectivity index (χ4n) is 3.28. The fraction of sp³-hybridized carbons (Fsp3) is 0.429. The molecule has 1 aliphatic heterocycles. The molecule has 1 aromatic carbocycles. The summed E-state index contributed by atoms with van der Waals surface area (Å²) >= 11 is 0. The lowest BCUT2D eigenvalue weighted by molar-refractivity contribution is -0.181. The highest BCUT2D eigenvalue weighted by atomic mass is 19.4. The molecular formula is C21H25F4N5O. The number of nitrogens with zero attached hydrogens (tertiary/aromatic N) is 4. The first-order chi connectivity index (χ1) is 14.8. The zero-order chi connectivity index (χ0) is 22.4. The van der Waals surface area contributed by atoms with Crippen LogP contribution >= 0.6 is 0 Å². The number of halogens is 4. The Hall–Kier alpha value is -2.88. The number of pyridine rings is 1. The molecule has 0 bridgehead atoms. The lowest BCUT2D eigenvalue weighted by Gasteiger charge is -2.39. The molecule has 1 N–H and O–H groups in total. The molecule has 2 aromatic rings. The molecular weight excluding hydrogens is 414 g/mol. The molecule has 0 radical (unpaired) electrons. The monoisotopic (exact) mass is 439 g/mol. The average Bonchev–Trinajstić information content (AvgIpc) is 2.75. The van der Waals surface area contributed by atoms with Gasteiger partial charge in [0.1, 0.15) is 17.6 Å². The maximum atomic E-state index is 13.0. The van der Waals surface area contributed by atoms with Crippen molar-refractivity contribution in [2.75, 3.05) is 33.2 Å². The van der Waals surface area contributed by atoms with Crippen molar-refractivity contribution < 1.29 is 22.3 Å². The first-order valence-electron chi connectivity index (χ1n) is 9.91. The third-order valence-electron chi connectivity index (χ3n) is 5.13. The summed E-state index contributed by atoms with van der Waals surface area (Å²) in [4.78, 5) is 11.8. The van der Waals surface area contributed by atoms with Gasteiger partial charge in [0.25, 0.3) is 0 Å². The zero-order valence-electron chi connectivity index (χ0n) is 17.4. The number of guanidine groups is 1. The molecule has 168 valence electrons. The second-order valence-corrected chi connectivity index (χ2v) is 7.20. The van der Waals surface area contributed by atoms with Crippen molar-refractivity contribution in [2.24, 2.45) is 4.99 Å². The van der Waals surface area contributed by atoms with E-state index in [4.69, 9.17) is 4.74 Å². The molecule has 31 heavy (non-hydrogen) atoms. The van der Waals surface area contributed by atoms with Crippen LogP contribution in [0, 0.1) is 5.82 Å². The Morgan fingerprint density at radius 1 is 1.16 bits per heavy atom. The van der Waals surface area contributed by atoms with Gasteiger partial charge in [-0.15, -0.1) is 0 Å². The van der Waals surface area contributed by atoms with E-state index >= 15 is 0 Å². The summed E-state index contributed by atoms with van der Waals surface area (Å²) in [6.07, 6.45) is -2.62. The molecule has 0 saturated carbocycles. The largest absolute Gasteiger partial charge is 0.439 e. The molecule has 0 aliphatic carbocycles. The molecule has 1 fully saturated rings. The molecule has 1 unspecified atom stereocenters. The number of aromatic nitrogens is 1. The molecule has 10 heteroatoms. The number of hydrogen-bond donors (Lipinski definition) is 1. The molecule has 0 amide bonds. The summed E-state index contributed by atoms with van der Waals surface area (Å²) in [5.74, 6) is 1.12. The van der Waals surface area contributed by atoms with Gasteiger partial charge in [-0.3, -0.25) is 9.89 Å². The van der Waals surface area contributed by atoms with E-state index in [-0.39, 0.29) is 5.82 Å². The van der Waals surface area contributed by atoms with Crippen molar-refractivity contribution in [2.45, 2.75) is 25.7 Å². The van der Waals surface area contributed by atoms with E-state index in [1.807, 2.05) is 11.0 Å². The molecule has 1 saturated heterocycles. The highest BCUT2D eigenvalue weighted by molar-refractivity contribution is 5.80. The normalized spacial score (nSPS) is 16.8. The van der Waals surface area contributed by atoms with Crippen LogP contribution in [0.2, 0.25) is 0 Å². The van der Waals surface area contributed by atoms with Crippen LogP contribution < -0.4 is 10.1 Å². The Balaban J connectivity index is 1.54. The van der Waals surface area contributed by atoms with Gasteiger partial charge < -0.3 is 15.0 Å². The highest BCUT2D eigenvalue weighted by Gasteiger charge is 2.41. The summed E-state index contributed by atoms with van der Waals surface area (Å²) < 4.78 is 57.4. The number of aliphatic imine (C=N–C) groups is 1. The summed E-state index contributed by atoms with van der Waals surface area (Å²) in [6.45, 7) is 3.16. The van der Waals surface area contributed by atoms with Crippen LogP contribution in [0.25, 0.3) is 0 Å². The van der Waals surface area contributed by atoms with Crippen LogP contribution in [0.3, 0.4) is 0 Å². The minimum Gasteiger partial charge on any atom is -0.439 e. The first-order valence-corrected chi connectivity index (χ1v) is 9.91. The van der Waals surface area contributed by atoms with Crippen LogP contribution in [0.15, 0.2) is 47.6 Å². The van der Waals surface area contributed by atoms with Crippen LogP contribution in [0.5, 0.6) is 11.6 Å². The molecule has 3 rings (SSSR count). The smallest absolute Gasteiger partial charge is 0.403 e. The predicted octanol–water partition coefficient (Wildman–Crippen LogP) is 3.66. The van der Waals surface area contributed by atoms with E-state index in [0.29, 0.717) is 50.3 Å². The molecule has 1 atom stereocenters. The predicted molar refractivity (Wildman–Crippen MR) is 110 cm³/mol. The number of nitrogens with one attached hydrogen (secondary N) is 1. The summed E-state index contributed by atoms with van der Waals surface area (Å²) in [5, 5.41) is 3.23. The van der Waals surface area contributed by atoms with Crippen LogP contribution in [-0.4, -0.2) is 66.2 Å².